The molecule has 0 unspecified atom stereocenters. The van der Waals surface area contributed by atoms with Gasteiger partial charge in [-0.05, 0) is 20.8 Å². The Labute approximate surface area is 95.9 Å². The first-order chi connectivity index (χ1) is 7.48. The van der Waals surface area contributed by atoms with Gasteiger partial charge < -0.3 is 23.7 Å². The fourth-order valence-corrected chi connectivity index (χ4v) is 2.39. The van der Waals surface area contributed by atoms with Crippen LogP contribution in [0.3, 0.4) is 0 Å². The van der Waals surface area contributed by atoms with Crippen molar-refractivity contribution in [2.24, 2.45) is 0 Å². The Balaban J connectivity index is 2.19. The summed E-state index contributed by atoms with van der Waals surface area (Å²) in [6, 6.07) is 0. The van der Waals surface area contributed by atoms with Crippen LogP contribution in [0.25, 0.3) is 0 Å². The molecule has 2 fully saturated rings. The zero-order chi connectivity index (χ0) is 11.9. The summed E-state index contributed by atoms with van der Waals surface area (Å²) in [6.07, 6.45) is -0.977. The maximum atomic E-state index is 5.85. The summed E-state index contributed by atoms with van der Waals surface area (Å²) in [5.74, 6) is -0.591. The van der Waals surface area contributed by atoms with Crippen molar-refractivity contribution in [1.82, 2.24) is 0 Å². The maximum absolute atomic E-state index is 5.85. The highest BCUT2D eigenvalue weighted by Crippen LogP contribution is 2.38. The van der Waals surface area contributed by atoms with E-state index in [4.69, 9.17) is 23.7 Å². The average molecular weight is 232 g/mol. The fourth-order valence-electron chi connectivity index (χ4n) is 2.39. The van der Waals surface area contributed by atoms with E-state index in [0.29, 0.717) is 0 Å². The van der Waals surface area contributed by atoms with E-state index >= 15 is 0 Å². The molecule has 2 saturated heterocycles. The first-order valence-corrected chi connectivity index (χ1v) is 5.55. The SMILES string of the molecule is CO[C@H]1O[C@@H](C)[C@@H]2OC(C)(C)O[C@H]2[C@H]1OC. The predicted octanol–water partition coefficient (Wildman–Crippen LogP) is 0.913. The van der Waals surface area contributed by atoms with Gasteiger partial charge in [-0.15, -0.1) is 0 Å². The molecule has 0 N–H and O–H groups in total. The van der Waals surface area contributed by atoms with Crippen molar-refractivity contribution in [2.75, 3.05) is 14.2 Å². The molecule has 0 aliphatic carbocycles. The van der Waals surface area contributed by atoms with Crippen LogP contribution in [0.4, 0.5) is 0 Å². The highest BCUT2D eigenvalue weighted by Gasteiger charge is 2.54. The topological polar surface area (TPSA) is 46.2 Å². The van der Waals surface area contributed by atoms with Gasteiger partial charge in [0.1, 0.15) is 18.3 Å². The Morgan fingerprint density at radius 1 is 1.00 bits per heavy atom. The lowest BCUT2D eigenvalue weighted by Gasteiger charge is -2.39. The van der Waals surface area contributed by atoms with Gasteiger partial charge in [-0.1, -0.05) is 0 Å². The molecule has 0 radical (unpaired) electrons. The van der Waals surface area contributed by atoms with Gasteiger partial charge in [0.05, 0.1) is 6.10 Å². The molecule has 94 valence electrons. The molecule has 16 heavy (non-hydrogen) atoms. The molecule has 0 saturated carbocycles. The van der Waals surface area contributed by atoms with E-state index in [-0.39, 0.29) is 24.4 Å². The highest BCUT2D eigenvalue weighted by atomic mass is 16.8. The molecule has 2 aliphatic rings. The molecule has 0 aromatic rings. The van der Waals surface area contributed by atoms with E-state index in [2.05, 4.69) is 0 Å². The van der Waals surface area contributed by atoms with Crippen LogP contribution in [0.5, 0.6) is 0 Å². The molecule has 0 amide bonds. The second kappa shape index (κ2) is 4.23. The summed E-state index contributed by atoms with van der Waals surface area (Å²) < 4.78 is 28.0. The summed E-state index contributed by atoms with van der Waals surface area (Å²) in [5.41, 5.74) is 0. The Hall–Kier alpha value is -0.200. The van der Waals surface area contributed by atoms with Crippen LogP contribution in [-0.2, 0) is 23.7 Å². The van der Waals surface area contributed by atoms with Gasteiger partial charge in [-0.2, -0.15) is 0 Å². The molecular weight excluding hydrogens is 212 g/mol. The van der Waals surface area contributed by atoms with Crippen molar-refractivity contribution in [3.63, 3.8) is 0 Å². The van der Waals surface area contributed by atoms with Crippen molar-refractivity contribution in [1.29, 1.82) is 0 Å². The second-order valence-corrected chi connectivity index (χ2v) is 4.71. The van der Waals surface area contributed by atoms with Crippen molar-refractivity contribution < 1.29 is 23.7 Å². The van der Waals surface area contributed by atoms with Gasteiger partial charge >= 0.3 is 0 Å². The molecular formula is C11H20O5. The predicted molar refractivity (Wildman–Crippen MR) is 56.0 cm³/mol. The van der Waals surface area contributed by atoms with E-state index in [1.54, 1.807) is 14.2 Å². The fraction of sp³-hybridized carbons (Fsp3) is 1.00. The summed E-state index contributed by atoms with van der Waals surface area (Å²) in [4.78, 5) is 0. The van der Waals surface area contributed by atoms with Crippen LogP contribution in [0.1, 0.15) is 20.8 Å². The Bertz CT molecular complexity index is 255. The average Bonchev–Trinajstić information content (AvgIpc) is 2.54. The lowest BCUT2D eigenvalue weighted by molar-refractivity contribution is -0.271. The van der Waals surface area contributed by atoms with E-state index in [9.17, 15) is 0 Å². The first kappa shape index (κ1) is 12.3. The summed E-state index contributed by atoms with van der Waals surface area (Å²) in [5, 5.41) is 0. The van der Waals surface area contributed by atoms with Crippen LogP contribution in [0.15, 0.2) is 0 Å². The molecule has 5 nitrogen and oxygen atoms in total. The number of rotatable bonds is 2. The van der Waals surface area contributed by atoms with Crippen LogP contribution >= 0.6 is 0 Å². The smallest absolute Gasteiger partial charge is 0.186 e. The second-order valence-electron chi connectivity index (χ2n) is 4.71. The van der Waals surface area contributed by atoms with E-state index in [1.807, 2.05) is 20.8 Å². The van der Waals surface area contributed by atoms with Crippen molar-refractivity contribution in [3.05, 3.63) is 0 Å². The standard InChI is InChI=1S/C11H20O5/c1-6-7-8(16-11(2,3)15-7)9(12-4)10(13-5)14-6/h6-10H,1-5H3/t6-,7-,8+,9+,10-/m0/s1. The normalized spacial score (nSPS) is 46.7. The molecule has 0 bridgehead atoms. The van der Waals surface area contributed by atoms with Gasteiger partial charge in [0.25, 0.3) is 0 Å². The highest BCUT2D eigenvalue weighted by molar-refractivity contribution is 4.95. The van der Waals surface area contributed by atoms with E-state index < -0.39 is 12.1 Å². The molecule has 0 aromatic heterocycles. The van der Waals surface area contributed by atoms with E-state index in [1.165, 1.54) is 0 Å². The van der Waals surface area contributed by atoms with Crippen molar-refractivity contribution in [2.45, 2.75) is 57.3 Å². The van der Waals surface area contributed by atoms with Crippen LogP contribution in [-0.4, -0.2) is 50.7 Å². The van der Waals surface area contributed by atoms with Crippen LogP contribution in [0, 0.1) is 0 Å². The maximum Gasteiger partial charge on any atom is 0.186 e. The third kappa shape index (κ3) is 1.98. The van der Waals surface area contributed by atoms with Crippen molar-refractivity contribution in [3.8, 4) is 0 Å². The minimum absolute atomic E-state index is 0.0666. The minimum Gasteiger partial charge on any atom is -0.373 e. The van der Waals surface area contributed by atoms with Crippen LogP contribution < -0.4 is 0 Å². The molecule has 2 heterocycles. The molecule has 2 aliphatic heterocycles. The van der Waals surface area contributed by atoms with Gasteiger partial charge in [-0.3, -0.25) is 0 Å². The number of fused-ring (bicyclic) bond motifs is 1. The van der Waals surface area contributed by atoms with Gasteiger partial charge in [0, 0.05) is 14.2 Å². The quantitative estimate of drug-likeness (QED) is 0.708. The molecule has 5 heteroatoms. The zero-order valence-corrected chi connectivity index (χ0v) is 10.4. The summed E-state index contributed by atoms with van der Waals surface area (Å²) >= 11 is 0. The third-order valence-electron chi connectivity index (χ3n) is 3.07. The van der Waals surface area contributed by atoms with Crippen molar-refractivity contribution >= 4 is 0 Å². The van der Waals surface area contributed by atoms with Gasteiger partial charge in [0.15, 0.2) is 12.1 Å². The monoisotopic (exact) mass is 232 g/mol. The molecule has 2 rings (SSSR count). The summed E-state index contributed by atoms with van der Waals surface area (Å²) in [6.45, 7) is 5.75. The zero-order valence-electron chi connectivity index (χ0n) is 10.4. The third-order valence-corrected chi connectivity index (χ3v) is 3.07. The number of hydrogen-bond donors (Lipinski definition) is 0. The lowest BCUT2D eigenvalue weighted by atomic mass is 10.00. The van der Waals surface area contributed by atoms with Gasteiger partial charge in [0.2, 0.25) is 0 Å². The minimum atomic E-state index is -0.591. The van der Waals surface area contributed by atoms with Gasteiger partial charge in [-0.25, -0.2) is 0 Å². The molecule has 0 spiro atoms. The first-order valence-electron chi connectivity index (χ1n) is 5.55. The Morgan fingerprint density at radius 2 is 1.62 bits per heavy atom. The largest absolute Gasteiger partial charge is 0.373 e. The number of methoxy groups -OCH3 is 2. The number of hydrogen-bond acceptors (Lipinski definition) is 5. The van der Waals surface area contributed by atoms with E-state index in [0.717, 1.165) is 0 Å². The molecule has 5 atom stereocenters. The lowest BCUT2D eigenvalue weighted by Crippen LogP contribution is -2.56. The molecule has 0 aromatic carbocycles. The Morgan fingerprint density at radius 3 is 2.19 bits per heavy atom. The van der Waals surface area contributed by atoms with Crippen LogP contribution in [0.2, 0.25) is 0 Å². The summed E-state index contributed by atoms with van der Waals surface area (Å²) in [7, 11) is 3.23. The Kier molecular flexibility index (Phi) is 3.25. The number of ether oxygens (including phenoxy) is 5.